The van der Waals surface area contributed by atoms with Crippen molar-refractivity contribution in [2.45, 2.75) is 78.8 Å². The normalized spacial score (nSPS) is 16.1. The van der Waals surface area contributed by atoms with E-state index in [2.05, 4.69) is 43.5 Å². The number of aryl methyl sites for hydroxylation is 2. The summed E-state index contributed by atoms with van der Waals surface area (Å²) < 4.78 is 5.42. The Labute approximate surface area is 163 Å². The molecule has 1 aromatic rings. The second kappa shape index (κ2) is 10.9. The molecule has 1 aliphatic rings. The third-order valence-electron chi connectivity index (χ3n) is 5.14. The minimum Gasteiger partial charge on any atom is -0.361 e. The van der Waals surface area contributed by atoms with Crippen LogP contribution in [0.3, 0.4) is 0 Å². The molecule has 152 valence electrons. The van der Waals surface area contributed by atoms with Crippen molar-refractivity contribution in [1.29, 1.82) is 0 Å². The number of aromatic nitrogens is 1. The lowest BCUT2D eigenvalue weighted by Crippen LogP contribution is -2.42. The first-order valence-electron chi connectivity index (χ1n) is 10.4. The molecule has 2 rings (SSSR count). The van der Waals surface area contributed by atoms with E-state index < -0.39 is 0 Å². The van der Waals surface area contributed by atoms with Crippen molar-refractivity contribution in [3.63, 3.8) is 0 Å². The molecular weight excluding hydrogens is 342 g/mol. The SMILES string of the molecule is CCNC(=NCc1c(CC)noc1CC)NCCC(CC)N1CCCC1=O. The maximum atomic E-state index is 12.0. The zero-order valence-electron chi connectivity index (χ0n) is 17.3. The van der Waals surface area contributed by atoms with Gasteiger partial charge in [0.15, 0.2) is 5.96 Å². The highest BCUT2D eigenvalue weighted by Crippen LogP contribution is 2.18. The number of guanidine groups is 1. The molecule has 0 bridgehead atoms. The number of nitrogens with zero attached hydrogens (tertiary/aromatic N) is 3. The number of likely N-dealkylation sites (tertiary alicyclic amines) is 1. The van der Waals surface area contributed by atoms with Gasteiger partial charge in [0.25, 0.3) is 0 Å². The van der Waals surface area contributed by atoms with Crippen LogP contribution < -0.4 is 10.6 Å². The number of amides is 1. The molecular formula is C20H35N5O2. The van der Waals surface area contributed by atoms with Crippen molar-refractivity contribution in [3.8, 4) is 0 Å². The van der Waals surface area contributed by atoms with Crippen LogP contribution in [-0.2, 0) is 24.2 Å². The maximum Gasteiger partial charge on any atom is 0.222 e. The number of nitrogens with one attached hydrogen (secondary N) is 2. The molecule has 1 fully saturated rings. The van der Waals surface area contributed by atoms with Crippen LogP contribution in [0, 0.1) is 0 Å². The van der Waals surface area contributed by atoms with Crippen LogP contribution >= 0.6 is 0 Å². The molecule has 7 nitrogen and oxygen atoms in total. The summed E-state index contributed by atoms with van der Waals surface area (Å²) in [6.45, 7) is 11.4. The molecule has 1 amide bonds. The first kappa shape index (κ1) is 21.3. The van der Waals surface area contributed by atoms with Gasteiger partial charge in [-0.05, 0) is 32.6 Å². The molecule has 0 radical (unpaired) electrons. The second-order valence-electron chi connectivity index (χ2n) is 6.90. The van der Waals surface area contributed by atoms with Crippen molar-refractivity contribution >= 4 is 11.9 Å². The highest BCUT2D eigenvalue weighted by molar-refractivity contribution is 5.80. The van der Waals surface area contributed by atoms with Gasteiger partial charge in [-0.15, -0.1) is 0 Å². The molecule has 0 aliphatic carbocycles. The van der Waals surface area contributed by atoms with Crippen LogP contribution in [-0.4, -0.2) is 47.6 Å². The topological polar surface area (TPSA) is 82.8 Å². The van der Waals surface area contributed by atoms with Gasteiger partial charge in [0.1, 0.15) is 5.76 Å². The smallest absolute Gasteiger partial charge is 0.222 e. The van der Waals surface area contributed by atoms with E-state index in [0.29, 0.717) is 24.9 Å². The third kappa shape index (κ3) is 5.71. The van der Waals surface area contributed by atoms with Gasteiger partial charge in [-0.1, -0.05) is 25.9 Å². The summed E-state index contributed by atoms with van der Waals surface area (Å²) >= 11 is 0. The van der Waals surface area contributed by atoms with Crippen LogP contribution in [0.4, 0.5) is 0 Å². The Kier molecular flexibility index (Phi) is 8.61. The van der Waals surface area contributed by atoms with E-state index in [0.717, 1.165) is 74.7 Å². The molecule has 7 heteroatoms. The van der Waals surface area contributed by atoms with Gasteiger partial charge in [0.05, 0.1) is 12.2 Å². The summed E-state index contributed by atoms with van der Waals surface area (Å²) in [5, 5.41) is 10.9. The highest BCUT2D eigenvalue weighted by Gasteiger charge is 2.26. The van der Waals surface area contributed by atoms with Gasteiger partial charge in [-0.2, -0.15) is 0 Å². The van der Waals surface area contributed by atoms with Crippen molar-refractivity contribution < 1.29 is 9.32 Å². The lowest BCUT2D eigenvalue weighted by molar-refractivity contribution is -0.129. The zero-order valence-corrected chi connectivity index (χ0v) is 17.3. The van der Waals surface area contributed by atoms with Crippen LogP contribution in [0.25, 0.3) is 0 Å². The Hall–Kier alpha value is -2.05. The van der Waals surface area contributed by atoms with Crippen molar-refractivity contribution in [2.75, 3.05) is 19.6 Å². The molecule has 1 atom stereocenters. The lowest BCUT2D eigenvalue weighted by Gasteiger charge is -2.27. The largest absolute Gasteiger partial charge is 0.361 e. The van der Waals surface area contributed by atoms with Gasteiger partial charge in [-0.3, -0.25) is 4.79 Å². The second-order valence-corrected chi connectivity index (χ2v) is 6.90. The third-order valence-corrected chi connectivity index (χ3v) is 5.14. The van der Waals surface area contributed by atoms with E-state index in [9.17, 15) is 4.79 Å². The van der Waals surface area contributed by atoms with Crippen LogP contribution in [0.2, 0.25) is 0 Å². The van der Waals surface area contributed by atoms with E-state index in [-0.39, 0.29) is 0 Å². The van der Waals surface area contributed by atoms with Crippen molar-refractivity contribution in [1.82, 2.24) is 20.7 Å². The summed E-state index contributed by atoms with van der Waals surface area (Å²) in [5.74, 6) is 2.02. The number of hydrogen-bond acceptors (Lipinski definition) is 4. The van der Waals surface area contributed by atoms with Gasteiger partial charge < -0.3 is 20.1 Å². The molecule has 0 spiro atoms. The Morgan fingerprint density at radius 1 is 1.26 bits per heavy atom. The highest BCUT2D eigenvalue weighted by atomic mass is 16.5. The van der Waals surface area contributed by atoms with Crippen LogP contribution in [0.1, 0.15) is 70.4 Å². The zero-order chi connectivity index (χ0) is 19.6. The van der Waals surface area contributed by atoms with E-state index >= 15 is 0 Å². The Morgan fingerprint density at radius 2 is 2.07 bits per heavy atom. The van der Waals surface area contributed by atoms with Crippen molar-refractivity contribution in [3.05, 3.63) is 17.0 Å². The van der Waals surface area contributed by atoms with E-state index in [1.807, 2.05) is 4.90 Å². The summed E-state index contributed by atoms with van der Waals surface area (Å²) in [5.41, 5.74) is 2.09. The maximum absolute atomic E-state index is 12.0. The molecule has 2 heterocycles. The monoisotopic (exact) mass is 377 g/mol. The predicted octanol–water partition coefficient (Wildman–Crippen LogP) is 2.65. The molecule has 2 N–H and O–H groups in total. The van der Waals surface area contributed by atoms with E-state index in [1.54, 1.807) is 0 Å². The van der Waals surface area contributed by atoms with Crippen LogP contribution in [0.5, 0.6) is 0 Å². The number of carbonyl (C=O) groups is 1. The van der Waals surface area contributed by atoms with Gasteiger partial charge in [0, 0.05) is 44.1 Å². The number of hydrogen-bond donors (Lipinski definition) is 2. The number of rotatable bonds is 10. The van der Waals surface area contributed by atoms with Crippen LogP contribution in [0.15, 0.2) is 9.52 Å². The minimum atomic E-state index is 0.300. The molecule has 1 unspecified atom stereocenters. The summed E-state index contributed by atoms with van der Waals surface area (Å²) in [6, 6.07) is 0.312. The van der Waals surface area contributed by atoms with E-state index in [1.165, 1.54) is 0 Å². The molecule has 1 aliphatic heterocycles. The molecule has 1 aromatic heterocycles. The fourth-order valence-corrected chi connectivity index (χ4v) is 3.61. The standard InChI is InChI=1S/C20H35N5O2/c1-5-15(25-13-9-10-19(25)26)11-12-22-20(21-8-4)23-14-16-17(6-2)24-27-18(16)7-3/h15H,5-14H2,1-4H3,(H2,21,22,23). The lowest BCUT2D eigenvalue weighted by atomic mass is 10.1. The fourth-order valence-electron chi connectivity index (χ4n) is 3.61. The summed E-state index contributed by atoms with van der Waals surface area (Å²) in [7, 11) is 0. The summed E-state index contributed by atoms with van der Waals surface area (Å²) in [4.78, 5) is 18.8. The predicted molar refractivity (Wildman–Crippen MR) is 108 cm³/mol. The van der Waals surface area contributed by atoms with Crippen molar-refractivity contribution in [2.24, 2.45) is 4.99 Å². The average molecular weight is 378 g/mol. The molecule has 0 aromatic carbocycles. The number of aliphatic imine (C=N–C) groups is 1. The first-order chi connectivity index (χ1) is 13.1. The first-order valence-corrected chi connectivity index (χ1v) is 10.4. The minimum absolute atomic E-state index is 0.300. The average Bonchev–Trinajstić information content (AvgIpc) is 3.28. The Morgan fingerprint density at radius 3 is 2.67 bits per heavy atom. The molecule has 1 saturated heterocycles. The Bertz CT molecular complexity index is 604. The Balaban J connectivity index is 1.93. The van der Waals surface area contributed by atoms with Gasteiger partial charge in [-0.25, -0.2) is 4.99 Å². The quantitative estimate of drug-likeness (QED) is 0.484. The van der Waals surface area contributed by atoms with Gasteiger partial charge in [0.2, 0.25) is 5.91 Å². The van der Waals surface area contributed by atoms with Gasteiger partial charge >= 0.3 is 0 Å². The fraction of sp³-hybridized carbons (Fsp3) is 0.750. The molecule has 27 heavy (non-hydrogen) atoms. The van der Waals surface area contributed by atoms with E-state index in [4.69, 9.17) is 9.52 Å². The summed E-state index contributed by atoms with van der Waals surface area (Å²) in [6.07, 6.45) is 5.28. The number of carbonyl (C=O) groups excluding carboxylic acids is 1. The molecule has 0 saturated carbocycles.